The van der Waals surface area contributed by atoms with Gasteiger partial charge in [-0.05, 0) is 62.1 Å². The molecule has 2 aromatic carbocycles. The molecule has 0 aromatic heterocycles. The van der Waals surface area contributed by atoms with Crippen molar-refractivity contribution in [3.63, 3.8) is 0 Å². The van der Waals surface area contributed by atoms with Crippen LogP contribution in [-0.2, 0) is 0 Å². The Morgan fingerprint density at radius 2 is 1.67 bits per heavy atom. The largest absolute Gasteiger partial charge is 0.497 e. The highest BCUT2D eigenvalue weighted by atomic mass is 19.1. The Balaban J connectivity index is 1.61. The maximum atomic E-state index is 13.3. The van der Waals surface area contributed by atoms with Crippen molar-refractivity contribution >= 4 is 11.4 Å². The van der Waals surface area contributed by atoms with Gasteiger partial charge in [0, 0.05) is 11.8 Å². The van der Waals surface area contributed by atoms with Crippen molar-refractivity contribution in [1.29, 1.82) is 0 Å². The van der Waals surface area contributed by atoms with Gasteiger partial charge >= 0.3 is 0 Å². The number of piperazine rings is 1. The standard InChI is InChI=1S/C23H30FN2O/c1-27-23-9-5-8-22(18-23)26(21-6-3-2-4-7-21)16-14-25(15-17-26)20-12-10-19(24)11-13-20/h5,8-13,18,21H,2-4,6-7,14-17H2,1H3/q+1. The van der Waals surface area contributed by atoms with Gasteiger partial charge < -0.3 is 9.64 Å². The van der Waals surface area contributed by atoms with Crippen molar-refractivity contribution in [2.45, 2.75) is 38.1 Å². The Morgan fingerprint density at radius 1 is 0.963 bits per heavy atom. The van der Waals surface area contributed by atoms with Crippen molar-refractivity contribution in [3.8, 4) is 5.75 Å². The van der Waals surface area contributed by atoms with Crippen molar-refractivity contribution in [3.05, 3.63) is 54.3 Å². The first kappa shape index (κ1) is 18.3. The lowest BCUT2D eigenvalue weighted by Crippen LogP contribution is -2.66. The van der Waals surface area contributed by atoms with Gasteiger partial charge in [-0.25, -0.2) is 4.39 Å². The maximum Gasteiger partial charge on any atom is 0.136 e. The second-order valence-corrected chi connectivity index (χ2v) is 7.94. The van der Waals surface area contributed by atoms with E-state index >= 15 is 0 Å². The quantitative estimate of drug-likeness (QED) is 0.704. The van der Waals surface area contributed by atoms with Gasteiger partial charge in [0.1, 0.15) is 30.3 Å². The first-order valence-corrected chi connectivity index (χ1v) is 10.2. The number of nitrogens with zero attached hydrogens (tertiary/aromatic N) is 2. The van der Waals surface area contributed by atoms with E-state index in [4.69, 9.17) is 4.74 Å². The van der Waals surface area contributed by atoms with E-state index in [1.165, 1.54) is 37.8 Å². The van der Waals surface area contributed by atoms with Gasteiger partial charge in [-0.1, -0.05) is 12.5 Å². The Bertz CT molecular complexity index is 747. The molecule has 0 bridgehead atoms. The topological polar surface area (TPSA) is 12.5 Å². The normalized spacial score (nSPS) is 20.4. The minimum atomic E-state index is -0.167. The summed E-state index contributed by atoms with van der Waals surface area (Å²) < 4.78 is 19.9. The van der Waals surface area contributed by atoms with Gasteiger partial charge in [0.15, 0.2) is 0 Å². The number of hydrogen-bond acceptors (Lipinski definition) is 2. The second-order valence-electron chi connectivity index (χ2n) is 7.94. The zero-order valence-corrected chi connectivity index (χ0v) is 16.2. The van der Waals surface area contributed by atoms with Crippen molar-refractivity contribution in [2.75, 3.05) is 38.2 Å². The summed E-state index contributed by atoms with van der Waals surface area (Å²) in [4.78, 5) is 2.40. The van der Waals surface area contributed by atoms with Crippen LogP contribution in [0.25, 0.3) is 0 Å². The number of anilines is 1. The first-order chi connectivity index (χ1) is 13.2. The molecule has 2 aromatic rings. The maximum absolute atomic E-state index is 13.3. The Morgan fingerprint density at radius 3 is 2.33 bits per heavy atom. The smallest absolute Gasteiger partial charge is 0.136 e. The van der Waals surface area contributed by atoms with E-state index in [-0.39, 0.29) is 5.82 Å². The number of methoxy groups -OCH3 is 1. The first-order valence-electron chi connectivity index (χ1n) is 10.2. The van der Waals surface area contributed by atoms with E-state index in [1.807, 2.05) is 18.2 Å². The minimum Gasteiger partial charge on any atom is -0.497 e. The van der Waals surface area contributed by atoms with Gasteiger partial charge in [0.2, 0.25) is 0 Å². The zero-order valence-electron chi connectivity index (χ0n) is 16.2. The highest BCUT2D eigenvalue weighted by Gasteiger charge is 2.42. The van der Waals surface area contributed by atoms with E-state index in [0.29, 0.717) is 6.04 Å². The van der Waals surface area contributed by atoms with Gasteiger partial charge in [0.25, 0.3) is 0 Å². The van der Waals surface area contributed by atoms with Gasteiger partial charge in [-0.2, -0.15) is 0 Å². The summed E-state index contributed by atoms with van der Waals surface area (Å²) in [7, 11) is 1.75. The number of hydrogen-bond donors (Lipinski definition) is 0. The van der Waals surface area contributed by atoms with Crippen LogP contribution < -0.4 is 14.1 Å². The summed E-state index contributed by atoms with van der Waals surface area (Å²) in [5.41, 5.74) is 2.52. The monoisotopic (exact) mass is 369 g/mol. The van der Waals surface area contributed by atoms with E-state index in [2.05, 4.69) is 23.1 Å². The lowest BCUT2D eigenvalue weighted by atomic mass is 9.90. The second kappa shape index (κ2) is 7.89. The van der Waals surface area contributed by atoms with Gasteiger partial charge in [0.05, 0.1) is 26.2 Å². The number of ether oxygens (including phenoxy) is 1. The lowest BCUT2D eigenvalue weighted by Gasteiger charge is -2.50. The van der Waals surface area contributed by atoms with Crippen LogP contribution in [0.4, 0.5) is 15.8 Å². The molecule has 0 atom stereocenters. The molecule has 3 nitrogen and oxygen atoms in total. The van der Waals surface area contributed by atoms with E-state index in [9.17, 15) is 4.39 Å². The number of rotatable bonds is 4. The SMILES string of the molecule is COc1cccc([N+]2(C3CCCCC3)CCN(c3ccc(F)cc3)CC2)c1. The van der Waals surface area contributed by atoms with Crippen LogP contribution >= 0.6 is 0 Å². The van der Waals surface area contributed by atoms with Crippen LogP contribution in [0, 0.1) is 5.82 Å². The number of benzene rings is 2. The summed E-state index contributed by atoms with van der Waals surface area (Å²) in [6, 6.07) is 16.3. The van der Waals surface area contributed by atoms with Crippen molar-refractivity contribution in [1.82, 2.24) is 4.48 Å². The molecular weight excluding hydrogens is 339 g/mol. The van der Waals surface area contributed by atoms with Crippen LogP contribution in [0.3, 0.4) is 0 Å². The van der Waals surface area contributed by atoms with Crippen LogP contribution in [-0.4, -0.2) is 39.3 Å². The van der Waals surface area contributed by atoms with Crippen LogP contribution in [0.1, 0.15) is 32.1 Å². The molecule has 0 N–H and O–H groups in total. The molecule has 2 fully saturated rings. The molecule has 1 aliphatic carbocycles. The van der Waals surface area contributed by atoms with E-state index in [0.717, 1.165) is 42.1 Å². The Labute approximate surface area is 161 Å². The summed E-state index contributed by atoms with van der Waals surface area (Å²) in [6.07, 6.45) is 6.68. The molecule has 27 heavy (non-hydrogen) atoms. The molecule has 1 saturated heterocycles. The van der Waals surface area contributed by atoms with E-state index in [1.54, 1.807) is 19.2 Å². The van der Waals surface area contributed by atoms with Crippen molar-refractivity contribution < 1.29 is 9.13 Å². The fourth-order valence-corrected chi connectivity index (χ4v) is 5.03. The molecule has 2 aliphatic rings. The zero-order chi connectivity index (χ0) is 18.7. The third-order valence-corrected chi connectivity index (χ3v) is 6.57. The molecule has 0 unspecified atom stereocenters. The third kappa shape index (κ3) is 3.68. The molecule has 144 valence electrons. The highest BCUT2D eigenvalue weighted by Crippen LogP contribution is 2.37. The molecule has 0 spiro atoms. The predicted octanol–water partition coefficient (Wildman–Crippen LogP) is 4.99. The Kier molecular flexibility index (Phi) is 5.35. The fourth-order valence-electron chi connectivity index (χ4n) is 5.03. The minimum absolute atomic E-state index is 0.167. The molecule has 1 heterocycles. The summed E-state index contributed by atoms with van der Waals surface area (Å²) in [6.45, 7) is 4.18. The highest BCUT2D eigenvalue weighted by molar-refractivity contribution is 5.52. The Hall–Kier alpha value is -2.07. The molecule has 4 rings (SSSR count). The van der Waals surface area contributed by atoms with Gasteiger partial charge in [-0.15, -0.1) is 0 Å². The lowest BCUT2D eigenvalue weighted by molar-refractivity contribution is 0.150. The molecule has 0 amide bonds. The summed E-state index contributed by atoms with van der Waals surface area (Å²) >= 11 is 0. The molecule has 1 aliphatic heterocycles. The van der Waals surface area contributed by atoms with Crippen LogP contribution in [0.2, 0.25) is 0 Å². The third-order valence-electron chi connectivity index (χ3n) is 6.57. The van der Waals surface area contributed by atoms with Crippen molar-refractivity contribution in [2.24, 2.45) is 0 Å². The van der Waals surface area contributed by atoms with Gasteiger partial charge in [-0.3, -0.25) is 4.48 Å². The number of halogens is 1. The number of quaternary nitrogens is 1. The molecule has 0 radical (unpaired) electrons. The summed E-state index contributed by atoms with van der Waals surface area (Å²) in [5, 5.41) is 0. The average Bonchev–Trinajstić information content (AvgIpc) is 2.75. The fraction of sp³-hybridized carbons (Fsp3) is 0.478. The van der Waals surface area contributed by atoms with E-state index < -0.39 is 0 Å². The predicted molar refractivity (Wildman–Crippen MR) is 110 cm³/mol. The molecular formula is C23H30FN2O+. The molecule has 4 heteroatoms. The van der Waals surface area contributed by atoms with Crippen LogP contribution in [0.5, 0.6) is 5.75 Å². The summed E-state index contributed by atoms with van der Waals surface area (Å²) in [5.74, 6) is 0.779. The van der Waals surface area contributed by atoms with Crippen LogP contribution in [0.15, 0.2) is 48.5 Å². The molecule has 1 saturated carbocycles. The average molecular weight is 370 g/mol.